The van der Waals surface area contributed by atoms with Gasteiger partial charge < -0.3 is 16.8 Å². The van der Waals surface area contributed by atoms with Crippen LogP contribution < -0.4 is 16.8 Å². The lowest BCUT2D eigenvalue weighted by molar-refractivity contribution is 1.14. The Hall–Kier alpha value is -2.16. The minimum Gasteiger partial charge on any atom is -0.399 e. The first kappa shape index (κ1) is 11.3. The molecule has 2 rings (SSSR count). The quantitative estimate of drug-likeness (QED) is 0.706. The van der Waals surface area contributed by atoms with E-state index in [1.54, 1.807) is 0 Å². The standard InChI is InChI=1S/C14H17N3/c1-10-2-5-13(16)8-14(10)17-9-11-3-6-12(15)7-4-11/h2-8,17H,9,15-16H2,1H3. The molecular weight excluding hydrogens is 210 g/mol. The fourth-order valence-electron chi connectivity index (χ4n) is 1.66. The topological polar surface area (TPSA) is 64.1 Å². The van der Waals surface area contributed by atoms with Gasteiger partial charge in [-0.15, -0.1) is 0 Å². The summed E-state index contributed by atoms with van der Waals surface area (Å²) in [6.45, 7) is 2.83. The number of benzene rings is 2. The minimum absolute atomic E-state index is 0.768. The van der Waals surface area contributed by atoms with Gasteiger partial charge in [-0.05, 0) is 42.3 Å². The average Bonchev–Trinajstić information content (AvgIpc) is 2.32. The van der Waals surface area contributed by atoms with Crippen LogP contribution in [0.3, 0.4) is 0 Å². The minimum atomic E-state index is 0.768. The molecule has 0 aliphatic rings. The maximum atomic E-state index is 5.76. The summed E-state index contributed by atoms with van der Waals surface area (Å²) < 4.78 is 0. The first-order chi connectivity index (χ1) is 8.15. The van der Waals surface area contributed by atoms with Crippen molar-refractivity contribution in [2.75, 3.05) is 16.8 Å². The van der Waals surface area contributed by atoms with Crippen molar-refractivity contribution >= 4 is 17.1 Å². The fourth-order valence-corrected chi connectivity index (χ4v) is 1.66. The van der Waals surface area contributed by atoms with E-state index in [1.165, 1.54) is 11.1 Å². The van der Waals surface area contributed by atoms with Crippen LogP contribution in [0, 0.1) is 6.92 Å². The number of nitrogen functional groups attached to an aromatic ring is 2. The molecule has 0 saturated carbocycles. The summed E-state index contributed by atoms with van der Waals surface area (Å²) in [5, 5.41) is 3.37. The van der Waals surface area contributed by atoms with Crippen LogP contribution in [-0.4, -0.2) is 0 Å². The summed E-state index contributed by atoms with van der Waals surface area (Å²) in [4.78, 5) is 0. The smallest absolute Gasteiger partial charge is 0.0400 e. The summed E-state index contributed by atoms with van der Waals surface area (Å²) in [6.07, 6.45) is 0. The van der Waals surface area contributed by atoms with Crippen molar-refractivity contribution in [3.05, 3.63) is 53.6 Å². The molecule has 0 fully saturated rings. The number of rotatable bonds is 3. The molecule has 0 aromatic heterocycles. The Bertz CT molecular complexity index is 503. The molecule has 17 heavy (non-hydrogen) atoms. The summed E-state index contributed by atoms with van der Waals surface area (Å²) in [5.41, 5.74) is 16.4. The molecule has 0 amide bonds. The van der Waals surface area contributed by atoms with Crippen LogP contribution in [0.25, 0.3) is 0 Å². The lowest BCUT2D eigenvalue weighted by Crippen LogP contribution is -2.02. The molecule has 2 aromatic rings. The van der Waals surface area contributed by atoms with Crippen molar-refractivity contribution in [1.29, 1.82) is 0 Å². The molecular formula is C14H17N3. The van der Waals surface area contributed by atoms with Crippen LogP contribution in [0.5, 0.6) is 0 Å². The van der Waals surface area contributed by atoms with Gasteiger partial charge in [0.15, 0.2) is 0 Å². The zero-order chi connectivity index (χ0) is 12.3. The van der Waals surface area contributed by atoms with Gasteiger partial charge in [0.2, 0.25) is 0 Å². The normalized spacial score (nSPS) is 10.2. The van der Waals surface area contributed by atoms with E-state index in [-0.39, 0.29) is 0 Å². The van der Waals surface area contributed by atoms with Crippen LogP contribution >= 0.6 is 0 Å². The molecule has 3 nitrogen and oxygen atoms in total. The largest absolute Gasteiger partial charge is 0.399 e. The van der Waals surface area contributed by atoms with E-state index >= 15 is 0 Å². The highest BCUT2D eigenvalue weighted by molar-refractivity contribution is 5.59. The van der Waals surface area contributed by atoms with Crippen molar-refractivity contribution in [2.24, 2.45) is 0 Å². The van der Waals surface area contributed by atoms with Crippen LogP contribution in [0.2, 0.25) is 0 Å². The van der Waals surface area contributed by atoms with E-state index in [0.717, 1.165) is 23.6 Å². The predicted molar refractivity (Wildman–Crippen MR) is 73.8 cm³/mol. The van der Waals surface area contributed by atoms with Crippen LogP contribution in [0.1, 0.15) is 11.1 Å². The molecule has 0 unspecified atom stereocenters. The first-order valence-electron chi connectivity index (χ1n) is 5.59. The van der Waals surface area contributed by atoms with Gasteiger partial charge in [0, 0.05) is 23.6 Å². The molecule has 0 saturated heterocycles. The lowest BCUT2D eigenvalue weighted by Gasteiger charge is -2.10. The Morgan fingerprint density at radius 1 is 0.941 bits per heavy atom. The highest BCUT2D eigenvalue weighted by atomic mass is 14.9. The molecule has 5 N–H and O–H groups in total. The zero-order valence-electron chi connectivity index (χ0n) is 9.90. The Balaban J connectivity index is 2.07. The number of anilines is 3. The molecule has 0 bridgehead atoms. The van der Waals surface area contributed by atoms with Crippen LogP contribution in [0.4, 0.5) is 17.1 Å². The molecule has 0 aliphatic carbocycles. The molecule has 0 aliphatic heterocycles. The fraction of sp³-hybridized carbons (Fsp3) is 0.143. The number of hydrogen-bond acceptors (Lipinski definition) is 3. The molecule has 0 radical (unpaired) electrons. The number of nitrogens with one attached hydrogen (secondary N) is 1. The van der Waals surface area contributed by atoms with Gasteiger partial charge in [-0.3, -0.25) is 0 Å². The van der Waals surface area contributed by atoms with E-state index in [4.69, 9.17) is 11.5 Å². The second kappa shape index (κ2) is 4.78. The van der Waals surface area contributed by atoms with Gasteiger partial charge in [0.1, 0.15) is 0 Å². The monoisotopic (exact) mass is 227 g/mol. The van der Waals surface area contributed by atoms with Crippen molar-refractivity contribution < 1.29 is 0 Å². The lowest BCUT2D eigenvalue weighted by atomic mass is 10.1. The van der Waals surface area contributed by atoms with E-state index in [1.807, 2.05) is 42.5 Å². The Morgan fingerprint density at radius 2 is 1.59 bits per heavy atom. The van der Waals surface area contributed by atoms with Crippen LogP contribution in [-0.2, 0) is 6.54 Å². The third-order valence-electron chi connectivity index (χ3n) is 2.72. The summed E-state index contributed by atoms with van der Waals surface area (Å²) in [6, 6.07) is 13.7. The average molecular weight is 227 g/mol. The van der Waals surface area contributed by atoms with Gasteiger partial charge in [0.25, 0.3) is 0 Å². The molecule has 3 heteroatoms. The van der Waals surface area contributed by atoms with Crippen molar-refractivity contribution in [1.82, 2.24) is 0 Å². The second-order valence-electron chi connectivity index (χ2n) is 4.17. The molecule has 88 valence electrons. The number of hydrogen-bond donors (Lipinski definition) is 3. The Kier molecular flexibility index (Phi) is 3.19. The third kappa shape index (κ3) is 2.91. The van der Waals surface area contributed by atoms with Gasteiger partial charge in [-0.2, -0.15) is 0 Å². The van der Waals surface area contributed by atoms with Gasteiger partial charge >= 0.3 is 0 Å². The first-order valence-corrected chi connectivity index (χ1v) is 5.59. The number of nitrogens with two attached hydrogens (primary N) is 2. The molecule has 2 aromatic carbocycles. The van der Waals surface area contributed by atoms with Gasteiger partial charge in [0.05, 0.1) is 0 Å². The summed E-state index contributed by atoms with van der Waals surface area (Å²) in [5.74, 6) is 0. The van der Waals surface area contributed by atoms with Crippen LogP contribution in [0.15, 0.2) is 42.5 Å². The third-order valence-corrected chi connectivity index (χ3v) is 2.72. The van der Waals surface area contributed by atoms with E-state index in [0.29, 0.717) is 0 Å². The second-order valence-corrected chi connectivity index (χ2v) is 4.17. The van der Waals surface area contributed by atoms with Gasteiger partial charge in [-0.25, -0.2) is 0 Å². The maximum Gasteiger partial charge on any atom is 0.0400 e. The van der Waals surface area contributed by atoms with Crippen molar-refractivity contribution in [2.45, 2.75) is 13.5 Å². The SMILES string of the molecule is Cc1ccc(N)cc1NCc1ccc(N)cc1. The summed E-state index contributed by atoms with van der Waals surface area (Å²) >= 11 is 0. The van der Waals surface area contributed by atoms with Crippen molar-refractivity contribution in [3.8, 4) is 0 Å². The summed E-state index contributed by atoms with van der Waals surface area (Å²) in [7, 11) is 0. The van der Waals surface area contributed by atoms with E-state index in [2.05, 4.69) is 12.2 Å². The highest BCUT2D eigenvalue weighted by Gasteiger charge is 1.99. The molecule has 0 atom stereocenters. The zero-order valence-corrected chi connectivity index (χ0v) is 9.90. The Labute approximate surface area is 101 Å². The van der Waals surface area contributed by atoms with Gasteiger partial charge in [-0.1, -0.05) is 18.2 Å². The van der Waals surface area contributed by atoms with E-state index < -0.39 is 0 Å². The molecule has 0 heterocycles. The predicted octanol–water partition coefficient (Wildman–Crippen LogP) is 2.77. The molecule has 0 spiro atoms. The van der Waals surface area contributed by atoms with E-state index in [9.17, 15) is 0 Å². The Morgan fingerprint density at radius 3 is 2.29 bits per heavy atom. The van der Waals surface area contributed by atoms with Crippen molar-refractivity contribution in [3.63, 3.8) is 0 Å². The highest BCUT2D eigenvalue weighted by Crippen LogP contribution is 2.19. The maximum absolute atomic E-state index is 5.76. The number of aryl methyl sites for hydroxylation is 1.